The van der Waals surface area contributed by atoms with Gasteiger partial charge < -0.3 is 19.6 Å². The summed E-state index contributed by atoms with van der Waals surface area (Å²) in [5.74, 6) is 1.39. The summed E-state index contributed by atoms with van der Waals surface area (Å²) in [7, 11) is 1.78. The van der Waals surface area contributed by atoms with E-state index in [-0.39, 0.29) is 12.5 Å². The fourth-order valence-electron chi connectivity index (χ4n) is 2.87. The summed E-state index contributed by atoms with van der Waals surface area (Å²) >= 11 is 0. The van der Waals surface area contributed by atoms with Crippen LogP contribution in [-0.4, -0.2) is 66.8 Å². The van der Waals surface area contributed by atoms with Gasteiger partial charge in [-0.25, -0.2) is 0 Å². The number of carbonyl (C=O) groups excluding carboxylic acids is 1. The molecule has 5 heteroatoms. The van der Waals surface area contributed by atoms with Gasteiger partial charge in [0.1, 0.15) is 18.5 Å². The fraction of sp³-hybridized carbons (Fsp3) is 0.632. The van der Waals surface area contributed by atoms with Gasteiger partial charge in [-0.05, 0) is 57.0 Å². The van der Waals surface area contributed by atoms with Crippen LogP contribution in [0, 0.1) is 5.92 Å². The molecule has 0 saturated carbocycles. The van der Waals surface area contributed by atoms with Crippen LogP contribution in [0.15, 0.2) is 24.3 Å². The number of β-amino-alcohol motifs (C(OH)–C–C–N with tert-alkyl or cyclic N) is 1. The third-order valence-electron chi connectivity index (χ3n) is 4.69. The molecule has 0 spiro atoms. The van der Waals surface area contributed by atoms with Crippen molar-refractivity contribution < 1.29 is 14.6 Å². The number of carbonyl (C=O) groups is 1. The maximum absolute atomic E-state index is 12.2. The quantitative estimate of drug-likeness (QED) is 0.831. The van der Waals surface area contributed by atoms with Crippen LogP contribution in [-0.2, 0) is 0 Å². The van der Waals surface area contributed by atoms with E-state index in [9.17, 15) is 9.90 Å². The number of rotatable bonds is 7. The Morgan fingerprint density at radius 3 is 2.79 bits per heavy atom. The van der Waals surface area contributed by atoms with Gasteiger partial charge in [0.25, 0.3) is 5.91 Å². The molecule has 1 aromatic carbocycles. The van der Waals surface area contributed by atoms with E-state index in [0.717, 1.165) is 19.0 Å². The molecule has 1 aromatic rings. The van der Waals surface area contributed by atoms with Gasteiger partial charge in [-0.15, -0.1) is 0 Å². The lowest BCUT2D eigenvalue weighted by Gasteiger charge is -2.31. The van der Waals surface area contributed by atoms with Crippen LogP contribution < -0.4 is 4.74 Å². The molecular formula is C19H30N2O3. The van der Waals surface area contributed by atoms with Crippen molar-refractivity contribution in [2.24, 2.45) is 5.92 Å². The molecule has 1 aliphatic rings. The molecule has 134 valence electrons. The first kappa shape index (κ1) is 18.7. The number of hydrogen-bond acceptors (Lipinski definition) is 4. The van der Waals surface area contributed by atoms with E-state index >= 15 is 0 Å². The number of hydrogen-bond donors (Lipinski definition) is 1. The van der Waals surface area contributed by atoms with Gasteiger partial charge in [0, 0.05) is 25.7 Å². The first-order chi connectivity index (χ1) is 11.5. The molecule has 1 saturated heterocycles. The standard InChI is InChI=1S/C19H30N2O3/c1-4-20(3)19(23)16-6-5-7-18(12-16)24-14-17(22)13-21-10-8-15(2)9-11-21/h5-7,12,15,17,22H,4,8-11,13-14H2,1-3H3. The van der Waals surface area contributed by atoms with Gasteiger partial charge in [-0.1, -0.05) is 13.0 Å². The highest BCUT2D eigenvalue weighted by molar-refractivity contribution is 5.94. The predicted octanol–water partition coefficient (Wildman–Crippen LogP) is 2.25. The Kier molecular flexibility index (Phi) is 7.06. The van der Waals surface area contributed by atoms with E-state index in [4.69, 9.17) is 4.74 Å². The number of likely N-dealkylation sites (tertiary alicyclic amines) is 1. The Morgan fingerprint density at radius 1 is 1.42 bits per heavy atom. The molecule has 2 rings (SSSR count). The third-order valence-corrected chi connectivity index (χ3v) is 4.69. The van der Waals surface area contributed by atoms with Gasteiger partial charge in [-0.3, -0.25) is 4.79 Å². The summed E-state index contributed by atoms with van der Waals surface area (Å²) in [5.41, 5.74) is 0.608. The van der Waals surface area contributed by atoms with Crippen LogP contribution in [0.1, 0.15) is 37.0 Å². The van der Waals surface area contributed by atoms with E-state index in [1.165, 1.54) is 12.8 Å². The zero-order valence-electron chi connectivity index (χ0n) is 15.1. The lowest BCUT2D eigenvalue weighted by atomic mass is 9.99. The second-order valence-corrected chi connectivity index (χ2v) is 6.80. The van der Waals surface area contributed by atoms with Crippen molar-refractivity contribution in [1.82, 2.24) is 9.80 Å². The number of piperidine rings is 1. The summed E-state index contributed by atoms with van der Waals surface area (Å²) in [5, 5.41) is 10.2. The number of nitrogens with zero attached hydrogens (tertiary/aromatic N) is 2. The van der Waals surface area contributed by atoms with Crippen LogP contribution in [0.2, 0.25) is 0 Å². The number of aliphatic hydroxyl groups is 1. The van der Waals surface area contributed by atoms with Crippen molar-refractivity contribution >= 4 is 5.91 Å². The molecule has 0 bridgehead atoms. The smallest absolute Gasteiger partial charge is 0.253 e. The number of amides is 1. The Hall–Kier alpha value is -1.59. The molecule has 1 N–H and O–H groups in total. The molecule has 0 radical (unpaired) electrons. The number of benzene rings is 1. The summed E-state index contributed by atoms with van der Waals surface area (Å²) < 4.78 is 5.69. The molecule has 1 amide bonds. The van der Waals surface area contributed by atoms with E-state index < -0.39 is 6.10 Å². The molecule has 1 heterocycles. The first-order valence-electron chi connectivity index (χ1n) is 8.88. The van der Waals surface area contributed by atoms with Crippen molar-refractivity contribution in [3.63, 3.8) is 0 Å². The molecule has 5 nitrogen and oxygen atoms in total. The first-order valence-corrected chi connectivity index (χ1v) is 8.88. The minimum atomic E-state index is -0.518. The highest BCUT2D eigenvalue weighted by Crippen LogP contribution is 2.17. The Bertz CT molecular complexity index is 527. The Labute approximate surface area is 145 Å². The van der Waals surface area contributed by atoms with Crippen LogP contribution in [0.4, 0.5) is 0 Å². The zero-order chi connectivity index (χ0) is 17.5. The van der Waals surface area contributed by atoms with Crippen molar-refractivity contribution in [2.45, 2.75) is 32.8 Å². The predicted molar refractivity (Wildman–Crippen MR) is 95.4 cm³/mol. The monoisotopic (exact) mass is 334 g/mol. The van der Waals surface area contributed by atoms with E-state index in [1.54, 1.807) is 24.1 Å². The van der Waals surface area contributed by atoms with Crippen LogP contribution in [0.5, 0.6) is 5.75 Å². The lowest BCUT2D eigenvalue weighted by Crippen LogP contribution is -2.40. The van der Waals surface area contributed by atoms with Crippen LogP contribution in [0.3, 0.4) is 0 Å². The van der Waals surface area contributed by atoms with Crippen LogP contribution >= 0.6 is 0 Å². The molecule has 1 unspecified atom stereocenters. The maximum atomic E-state index is 12.2. The second-order valence-electron chi connectivity index (χ2n) is 6.80. The van der Waals surface area contributed by atoms with E-state index in [2.05, 4.69) is 11.8 Å². The SMILES string of the molecule is CCN(C)C(=O)c1cccc(OCC(O)CN2CCC(C)CC2)c1. The van der Waals surface area contributed by atoms with E-state index in [0.29, 0.717) is 24.4 Å². The van der Waals surface area contributed by atoms with Gasteiger partial charge in [0.2, 0.25) is 0 Å². The van der Waals surface area contributed by atoms with Gasteiger partial charge >= 0.3 is 0 Å². The second kappa shape index (κ2) is 9.04. The fourth-order valence-corrected chi connectivity index (χ4v) is 2.87. The Morgan fingerprint density at radius 2 is 2.12 bits per heavy atom. The molecule has 1 aliphatic heterocycles. The minimum absolute atomic E-state index is 0.0223. The highest BCUT2D eigenvalue weighted by Gasteiger charge is 2.18. The van der Waals surface area contributed by atoms with Crippen molar-refractivity contribution in [2.75, 3.05) is 39.8 Å². The maximum Gasteiger partial charge on any atom is 0.253 e. The normalized spacial score (nSPS) is 17.5. The van der Waals surface area contributed by atoms with Gasteiger partial charge in [0.05, 0.1) is 0 Å². The van der Waals surface area contributed by atoms with Crippen molar-refractivity contribution in [3.8, 4) is 5.75 Å². The molecular weight excluding hydrogens is 304 g/mol. The van der Waals surface area contributed by atoms with Gasteiger partial charge in [-0.2, -0.15) is 0 Å². The van der Waals surface area contributed by atoms with Crippen molar-refractivity contribution in [3.05, 3.63) is 29.8 Å². The Balaban J connectivity index is 1.82. The molecule has 0 aliphatic carbocycles. The molecule has 1 atom stereocenters. The van der Waals surface area contributed by atoms with E-state index in [1.807, 2.05) is 19.1 Å². The van der Waals surface area contributed by atoms with Crippen molar-refractivity contribution in [1.29, 1.82) is 0 Å². The average molecular weight is 334 g/mol. The minimum Gasteiger partial charge on any atom is -0.491 e. The topological polar surface area (TPSA) is 53.0 Å². The van der Waals surface area contributed by atoms with Crippen LogP contribution in [0.25, 0.3) is 0 Å². The lowest BCUT2D eigenvalue weighted by molar-refractivity contribution is 0.0562. The third kappa shape index (κ3) is 5.49. The summed E-state index contributed by atoms with van der Waals surface area (Å²) in [4.78, 5) is 16.1. The summed E-state index contributed by atoms with van der Waals surface area (Å²) in [6, 6.07) is 7.15. The zero-order valence-corrected chi connectivity index (χ0v) is 15.1. The summed E-state index contributed by atoms with van der Waals surface area (Å²) in [6.45, 7) is 7.86. The molecule has 0 aromatic heterocycles. The molecule has 1 fully saturated rings. The summed E-state index contributed by atoms with van der Waals surface area (Å²) in [6.07, 6.45) is 1.88. The van der Waals surface area contributed by atoms with Gasteiger partial charge in [0.15, 0.2) is 0 Å². The highest BCUT2D eigenvalue weighted by atomic mass is 16.5. The number of aliphatic hydroxyl groups excluding tert-OH is 1. The molecule has 24 heavy (non-hydrogen) atoms. The largest absolute Gasteiger partial charge is 0.491 e. The number of ether oxygens (including phenoxy) is 1. The average Bonchev–Trinajstić information content (AvgIpc) is 2.61.